The van der Waals surface area contributed by atoms with Crippen molar-refractivity contribution in [2.75, 3.05) is 19.7 Å². The van der Waals surface area contributed by atoms with Gasteiger partial charge in [-0.3, -0.25) is 0 Å². The summed E-state index contributed by atoms with van der Waals surface area (Å²) in [6, 6.07) is 14.5. The smallest absolute Gasteiger partial charge is 0.318 e. The maximum Gasteiger partial charge on any atom is 0.318 e. The summed E-state index contributed by atoms with van der Waals surface area (Å²) < 4.78 is 5.66. The fourth-order valence-corrected chi connectivity index (χ4v) is 3.03. The van der Waals surface area contributed by atoms with E-state index in [2.05, 4.69) is 35.6 Å². The zero-order valence-corrected chi connectivity index (χ0v) is 14.0. The van der Waals surface area contributed by atoms with Crippen molar-refractivity contribution < 1.29 is 9.53 Å². The van der Waals surface area contributed by atoms with Crippen LogP contribution in [0.2, 0.25) is 0 Å². The first-order valence-corrected chi connectivity index (χ1v) is 8.13. The van der Waals surface area contributed by atoms with Gasteiger partial charge in [0.2, 0.25) is 0 Å². The second-order valence-corrected chi connectivity index (χ2v) is 6.81. The van der Waals surface area contributed by atoms with Crippen LogP contribution in [0.15, 0.2) is 42.5 Å². The number of morpholine rings is 1. The Bertz CT molecular complexity index is 711. The van der Waals surface area contributed by atoms with E-state index < -0.39 is 0 Å². The van der Waals surface area contributed by atoms with Gasteiger partial charge in [0.05, 0.1) is 24.8 Å². The van der Waals surface area contributed by atoms with Crippen molar-refractivity contribution >= 4 is 16.8 Å². The Morgan fingerprint density at radius 3 is 2.70 bits per heavy atom. The highest BCUT2D eigenvalue weighted by atomic mass is 16.5. The van der Waals surface area contributed by atoms with Gasteiger partial charge in [0.15, 0.2) is 0 Å². The maximum absolute atomic E-state index is 12.5. The average molecular weight is 312 g/mol. The minimum absolute atomic E-state index is 0.0259. The van der Waals surface area contributed by atoms with E-state index in [-0.39, 0.29) is 17.7 Å². The van der Waals surface area contributed by atoms with E-state index in [9.17, 15) is 4.79 Å². The summed E-state index contributed by atoms with van der Waals surface area (Å²) in [4.78, 5) is 14.3. The molecule has 0 aromatic heterocycles. The van der Waals surface area contributed by atoms with Crippen LogP contribution in [0.4, 0.5) is 4.79 Å². The molecule has 2 aromatic rings. The SMILES string of the molecule is CC(NC(=O)N1CCOC(C)(C)C1)c1ccc2ccccc2c1. The molecule has 1 aliphatic heterocycles. The number of nitrogens with one attached hydrogen (secondary N) is 1. The Morgan fingerprint density at radius 2 is 1.96 bits per heavy atom. The minimum atomic E-state index is -0.276. The van der Waals surface area contributed by atoms with E-state index in [0.717, 1.165) is 5.56 Å². The molecule has 122 valence electrons. The topological polar surface area (TPSA) is 41.6 Å². The van der Waals surface area contributed by atoms with Crippen LogP contribution in [0.5, 0.6) is 0 Å². The first kappa shape index (κ1) is 15.8. The van der Waals surface area contributed by atoms with Crippen molar-refractivity contribution in [3.05, 3.63) is 48.0 Å². The van der Waals surface area contributed by atoms with Crippen molar-refractivity contribution in [2.24, 2.45) is 0 Å². The number of hydrogen-bond donors (Lipinski definition) is 1. The van der Waals surface area contributed by atoms with Crippen LogP contribution in [0.3, 0.4) is 0 Å². The fraction of sp³-hybridized carbons (Fsp3) is 0.421. The van der Waals surface area contributed by atoms with Crippen LogP contribution >= 0.6 is 0 Å². The third-order valence-corrected chi connectivity index (χ3v) is 4.33. The number of rotatable bonds is 2. The molecular weight excluding hydrogens is 288 g/mol. The maximum atomic E-state index is 12.5. The Hall–Kier alpha value is -2.07. The van der Waals surface area contributed by atoms with Gasteiger partial charge in [-0.15, -0.1) is 0 Å². The van der Waals surface area contributed by atoms with Gasteiger partial charge in [-0.2, -0.15) is 0 Å². The van der Waals surface area contributed by atoms with Crippen molar-refractivity contribution in [3.63, 3.8) is 0 Å². The molecule has 1 N–H and O–H groups in total. The highest BCUT2D eigenvalue weighted by Gasteiger charge is 2.30. The second-order valence-electron chi connectivity index (χ2n) is 6.81. The van der Waals surface area contributed by atoms with E-state index in [1.165, 1.54) is 10.8 Å². The lowest BCUT2D eigenvalue weighted by Crippen LogP contribution is -2.53. The van der Waals surface area contributed by atoms with Crippen LogP contribution in [0.25, 0.3) is 10.8 Å². The molecule has 1 aliphatic rings. The van der Waals surface area contributed by atoms with Crippen LogP contribution in [-0.2, 0) is 4.74 Å². The van der Waals surface area contributed by atoms with E-state index >= 15 is 0 Å². The first-order chi connectivity index (χ1) is 10.9. The number of fused-ring (bicyclic) bond motifs is 1. The number of carbonyl (C=O) groups excluding carboxylic acids is 1. The Labute approximate surface area is 137 Å². The normalized spacial score (nSPS) is 18.7. The number of carbonyl (C=O) groups is 1. The van der Waals surface area contributed by atoms with Gasteiger partial charge in [0, 0.05) is 6.54 Å². The predicted octanol–water partition coefficient (Wildman–Crippen LogP) is 3.72. The third kappa shape index (κ3) is 3.64. The lowest BCUT2D eigenvalue weighted by Gasteiger charge is -2.38. The second kappa shape index (κ2) is 6.20. The number of ether oxygens (including phenoxy) is 1. The number of nitrogens with zero attached hydrogens (tertiary/aromatic N) is 1. The predicted molar refractivity (Wildman–Crippen MR) is 92.5 cm³/mol. The van der Waals surface area contributed by atoms with Crippen molar-refractivity contribution in [2.45, 2.75) is 32.4 Å². The Morgan fingerprint density at radius 1 is 1.22 bits per heavy atom. The molecule has 3 rings (SSSR count). The van der Waals surface area contributed by atoms with Gasteiger partial charge in [-0.05, 0) is 43.2 Å². The molecule has 23 heavy (non-hydrogen) atoms. The molecule has 0 spiro atoms. The Balaban J connectivity index is 1.70. The molecule has 2 amide bonds. The quantitative estimate of drug-likeness (QED) is 0.918. The summed E-state index contributed by atoms with van der Waals surface area (Å²) in [6.07, 6.45) is 0. The summed E-state index contributed by atoms with van der Waals surface area (Å²) in [6.45, 7) is 7.89. The number of urea groups is 1. The molecule has 4 heteroatoms. The standard InChI is InChI=1S/C19H24N2O2/c1-14(16-9-8-15-6-4-5-7-17(15)12-16)20-18(22)21-10-11-23-19(2,3)13-21/h4-9,12,14H,10-11,13H2,1-3H3,(H,20,22). The number of hydrogen-bond acceptors (Lipinski definition) is 2. The molecular formula is C19H24N2O2. The average Bonchev–Trinajstić information content (AvgIpc) is 2.53. The molecule has 1 unspecified atom stereocenters. The molecule has 1 saturated heterocycles. The lowest BCUT2D eigenvalue weighted by atomic mass is 10.0. The summed E-state index contributed by atoms with van der Waals surface area (Å²) >= 11 is 0. The van der Waals surface area contributed by atoms with Gasteiger partial charge >= 0.3 is 6.03 Å². The highest BCUT2D eigenvalue weighted by molar-refractivity contribution is 5.83. The number of amides is 2. The first-order valence-electron chi connectivity index (χ1n) is 8.13. The summed E-state index contributed by atoms with van der Waals surface area (Å²) in [5, 5.41) is 5.51. The van der Waals surface area contributed by atoms with Crippen LogP contribution in [0, 0.1) is 0 Å². The third-order valence-electron chi connectivity index (χ3n) is 4.33. The van der Waals surface area contributed by atoms with Gasteiger partial charge in [-0.25, -0.2) is 4.79 Å². The zero-order valence-electron chi connectivity index (χ0n) is 14.0. The van der Waals surface area contributed by atoms with Gasteiger partial charge < -0.3 is 15.0 Å². The van der Waals surface area contributed by atoms with Crippen molar-refractivity contribution in [1.29, 1.82) is 0 Å². The van der Waals surface area contributed by atoms with Gasteiger partial charge in [-0.1, -0.05) is 36.4 Å². The van der Waals surface area contributed by atoms with Gasteiger partial charge in [0.1, 0.15) is 0 Å². The van der Waals surface area contributed by atoms with Gasteiger partial charge in [0.25, 0.3) is 0 Å². The van der Waals surface area contributed by atoms with E-state index in [1.807, 2.05) is 37.8 Å². The fourth-order valence-electron chi connectivity index (χ4n) is 3.03. The molecule has 1 fully saturated rings. The summed E-state index contributed by atoms with van der Waals surface area (Å²) in [5.74, 6) is 0. The molecule has 0 bridgehead atoms. The summed E-state index contributed by atoms with van der Waals surface area (Å²) in [5.41, 5.74) is 0.839. The Kier molecular flexibility index (Phi) is 4.26. The monoisotopic (exact) mass is 312 g/mol. The van der Waals surface area contributed by atoms with Crippen LogP contribution in [0.1, 0.15) is 32.4 Å². The molecule has 0 radical (unpaired) electrons. The molecule has 1 heterocycles. The lowest BCUT2D eigenvalue weighted by molar-refractivity contribution is -0.0735. The minimum Gasteiger partial charge on any atom is -0.372 e. The van der Waals surface area contributed by atoms with E-state index in [4.69, 9.17) is 4.74 Å². The van der Waals surface area contributed by atoms with Crippen molar-refractivity contribution in [3.8, 4) is 0 Å². The van der Waals surface area contributed by atoms with E-state index in [1.54, 1.807) is 0 Å². The van der Waals surface area contributed by atoms with Crippen molar-refractivity contribution in [1.82, 2.24) is 10.2 Å². The molecule has 4 nitrogen and oxygen atoms in total. The largest absolute Gasteiger partial charge is 0.372 e. The zero-order chi connectivity index (χ0) is 16.4. The van der Waals surface area contributed by atoms with Crippen LogP contribution < -0.4 is 5.32 Å². The summed E-state index contributed by atoms with van der Waals surface area (Å²) in [7, 11) is 0. The molecule has 2 aromatic carbocycles. The number of benzene rings is 2. The molecule has 1 atom stereocenters. The highest BCUT2D eigenvalue weighted by Crippen LogP contribution is 2.21. The van der Waals surface area contributed by atoms with Crippen LogP contribution in [-0.4, -0.2) is 36.2 Å². The molecule has 0 saturated carbocycles. The van der Waals surface area contributed by atoms with E-state index in [0.29, 0.717) is 19.7 Å². The molecule has 0 aliphatic carbocycles.